The van der Waals surface area contributed by atoms with Gasteiger partial charge in [0, 0.05) is 29.0 Å². The summed E-state index contributed by atoms with van der Waals surface area (Å²) in [6.45, 7) is 1.07. The number of aromatic carboxylic acids is 1. The standard InChI is InChI=1S/C14H13BrN2O3/c15-12-6-10(5-11(7-12)14(19)20)13(18)17-3-1-9(8-16)2-4-17/h5-7,9H,1-4H2,(H,19,20). The molecule has 1 fully saturated rings. The number of rotatable bonds is 2. The predicted octanol–water partition coefficient (Wildman–Crippen LogP) is 2.52. The largest absolute Gasteiger partial charge is 0.478 e. The Bertz CT molecular complexity index is 587. The van der Waals surface area contributed by atoms with Crippen LogP contribution >= 0.6 is 15.9 Å². The maximum Gasteiger partial charge on any atom is 0.335 e. The van der Waals surface area contributed by atoms with Crippen molar-refractivity contribution < 1.29 is 14.7 Å². The summed E-state index contributed by atoms with van der Waals surface area (Å²) in [5.74, 6) is -1.25. The lowest BCUT2D eigenvalue weighted by atomic mass is 9.98. The molecule has 0 bridgehead atoms. The van der Waals surface area contributed by atoms with E-state index in [0.717, 1.165) is 0 Å². The number of halogens is 1. The molecule has 1 saturated heterocycles. The van der Waals surface area contributed by atoms with Crippen molar-refractivity contribution in [1.29, 1.82) is 5.26 Å². The Kier molecular flexibility index (Phi) is 4.40. The summed E-state index contributed by atoms with van der Waals surface area (Å²) in [5, 5.41) is 17.9. The maximum absolute atomic E-state index is 12.4. The van der Waals surface area contributed by atoms with Crippen molar-refractivity contribution in [3.8, 4) is 6.07 Å². The molecule has 0 radical (unpaired) electrons. The zero-order valence-corrected chi connectivity index (χ0v) is 12.3. The fraction of sp³-hybridized carbons (Fsp3) is 0.357. The molecule has 1 aliphatic rings. The number of likely N-dealkylation sites (tertiary alicyclic amines) is 1. The predicted molar refractivity (Wildman–Crippen MR) is 75.3 cm³/mol. The Morgan fingerprint density at radius 3 is 2.40 bits per heavy atom. The quantitative estimate of drug-likeness (QED) is 0.899. The number of benzene rings is 1. The minimum atomic E-state index is -1.07. The van der Waals surface area contributed by atoms with E-state index in [4.69, 9.17) is 10.4 Å². The number of amides is 1. The average molecular weight is 337 g/mol. The molecule has 6 heteroatoms. The first-order valence-electron chi connectivity index (χ1n) is 6.24. The number of carbonyl (C=O) groups excluding carboxylic acids is 1. The molecule has 0 saturated carbocycles. The van der Waals surface area contributed by atoms with Gasteiger partial charge in [0.15, 0.2) is 0 Å². The van der Waals surface area contributed by atoms with Crippen LogP contribution in [0.1, 0.15) is 33.6 Å². The monoisotopic (exact) mass is 336 g/mol. The van der Waals surface area contributed by atoms with E-state index < -0.39 is 5.97 Å². The molecular formula is C14H13BrN2O3. The number of hydrogen-bond donors (Lipinski definition) is 1. The molecule has 5 nitrogen and oxygen atoms in total. The Morgan fingerprint density at radius 2 is 1.85 bits per heavy atom. The minimum Gasteiger partial charge on any atom is -0.478 e. The fourth-order valence-electron chi connectivity index (χ4n) is 2.23. The number of carboxylic acid groups (broad SMARTS) is 1. The average Bonchev–Trinajstić information content (AvgIpc) is 2.46. The summed E-state index contributed by atoms with van der Waals surface area (Å²) < 4.78 is 0.563. The van der Waals surface area contributed by atoms with Crippen LogP contribution in [-0.2, 0) is 0 Å². The van der Waals surface area contributed by atoms with Gasteiger partial charge in [-0.3, -0.25) is 4.79 Å². The summed E-state index contributed by atoms with van der Waals surface area (Å²) in [7, 11) is 0. The number of carbonyl (C=O) groups is 2. The SMILES string of the molecule is N#CC1CCN(C(=O)c2cc(Br)cc(C(=O)O)c2)CC1. The number of nitrogens with zero attached hydrogens (tertiary/aromatic N) is 2. The molecule has 20 heavy (non-hydrogen) atoms. The Hall–Kier alpha value is -1.87. The Morgan fingerprint density at radius 1 is 1.25 bits per heavy atom. The van der Waals surface area contributed by atoms with Crippen molar-refractivity contribution >= 4 is 27.8 Å². The summed E-state index contributed by atoms with van der Waals surface area (Å²) in [5.41, 5.74) is 0.432. The van der Waals surface area contributed by atoms with Gasteiger partial charge in [-0.05, 0) is 31.0 Å². The highest BCUT2D eigenvalue weighted by atomic mass is 79.9. The number of carboxylic acids is 1. The second-order valence-electron chi connectivity index (χ2n) is 4.73. The van der Waals surface area contributed by atoms with Crippen molar-refractivity contribution in [2.45, 2.75) is 12.8 Å². The van der Waals surface area contributed by atoms with Crippen molar-refractivity contribution in [3.63, 3.8) is 0 Å². The van der Waals surface area contributed by atoms with E-state index in [0.29, 0.717) is 36.0 Å². The normalized spacial score (nSPS) is 15.7. The number of nitriles is 1. The van der Waals surface area contributed by atoms with E-state index in [-0.39, 0.29) is 17.4 Å². The van der Waals surface area contributed by atoms with Gasteiger partial charge in [-0.1, -0.05) is 15.9 Å². The maximum atomic E-state index is 12.4. The van der Waals surface area contributed by atoms with E-state index in [1.165, 1.54) is 12.1 Å². The summed E-state index contributed by atoms with van der Waals surface area (Å²) >= 11 is 3.22. The van der Waals surface area contributed by atoms with E-state index in [1.54, 1.807) is 11.0 Å². The highest BCUT2D eigenvalue weighted by Crippen LogP contribution is 2.21. The van der Waals surface area contributed by atoms with Gasteiger partial charge >= 0.3 is 5.97 Å². The third-order valence-electron chi connectivity index (χ3n) is 3.36. The van der Waals surface area contributed by atoms with Gasteiger partial charge in [0.2, 0.25) is 0 Å². The van der Waals surface area contributed by atoms with Crippen molar-refractivity contribution in [2.24, 2.45) is 5.92 Å². The molecule has 2 rings (SSSR count). The topological polar surface area (TPSA) is 81.4 Å². The van der Waals surface area contributed by atoms with Gasteiger partial charge in [0.05, 0.1) is 11.6 Å². The van der Waals surface area contributed by atoms with Crippen LogP contribution in [-0.4, -0.2) is 35.0 Å². The molecule has 1 amide bonds. The fourth-order valence-corrected chi connectivity index (χ4v) is 2.72. The molecule has 1 N–H and O–H groups in total. The van der Waals surface area contributed by atoms with E-state index in [2.05, 4.69) is 22.0 Å². The van der Waals surface area contributed by atoms with Gasteiger partial charge in [0.1, 0.15) is 0 Å². The van der Waals surface area contributed by atoms with Crippen LogP contribution in [0, 0.1) is 17.2 Å². The second-order valence-corrected chi connectivity index (χ2v) is 5.64. The van der Waals surface area contributed by atoms with Gasteiger partial charge < -0.3 is 10.0 Å². The summed E-state index contributed by atoms with van der Waals surface area (Å²) in [4.78, 5) is 25.0. The number of hydrogen-bond acceptors (Lipinski definition) is 3. The highest BCUT2D eigenvalue weighted by Gasteiger charge is 2.24. The summed E-state index contributed by atoms with van der Waals surface area (Å²) in [6.07, 6.45) is 1.34. The van der Waals surface area contributed by atoms with Gasteiger partial charge in [0.25, 0.3) is 5.91 Å². The van der Waals surface area contributed by atoms with Gasteiger partial charge in [-0.25, -0.2) is 4.79 Å². The van der Waals surface area contributed by atoms with Crippen molar-refractivity contribution in [3.05, 3.63) is 33.8 Å². The molecule has 0 spiro atoms. The third kappa shape index (κ3) is 3.17. The van der Waals surface area contributed by atoms with Crippen molar-refractivity contribution in [2.75, 3.05) is 13.1 Å². The summed E-state index contributed by atoms with van der Waals surface area (Å²) in [6, 6.07) is 6.67. The first-order chi connectivity index (χ1) is 9.51. The van der Waals surface area contributed by atoms with E-state index in [9.17, 15) is 9.59 Å². The molecule has 1 heterocycles. The first-order valence-corrected chi connectivity index (χ1v) is 7.03. The zero-order valence-electron chi connectivity index (χ0n) is 10.7. The third-order valence-corrected chi connectivity index (χ3v) is 3.81. The van der Waals surface area contributed by atoms with Crippen LogP contribution in [0.4, 0.5) is 0 Å². The van der Waals surface area contributed by atoms with Crippen LogP contribution < -0.4 is 0 Å². The minimum absolute atomic E-state index is 0.0103. The van der Waals surface area contributed by atoms with E-state index >= 15 is 0 Å². The zero-order chi connectivity index (χ0) is 14.7. The lowest BCUT2D eigenvalue weighted by Crippen LogP contribution is -2.38. The molecule has 1 aliphatic heterocycles. The molecule has 0 aromatic heterocycles. The van der Waals surface area contributed by atoms with Crippen LogP contribution in [0.15, 0.2) is 22.7 Å². The van der Waals surface area contributed by atoms with E-state index in [1.807, 2.05) is 0 Å². The molecule has 1 aromatic carbocycles. The highest BCUT2D eigenvalue weighted by molar-refractivity contribution is 9.10. The Balaban J connectivity index is 2.18. The lowest BCUT2D eigenvalue weighted by molar-refractivity contribution is 0.0696. The molecule has 0 atom stereocenters. The first kappa shape index (κ1) is 14.5. The van der Waals surface area contributed by atoms with Gasteiger partial charge in [-0.2, -0.15) is 5.26 Å². The molecule has 0 unspecified atom stereocenters. The second kappa shape index (κ2) is 6.06. The molecular weight excluding hydrogens is 324 g/mol. The van der Waals surface area contributed by atoms with Crippen LogP contribution in [0.5, 0.6) is 0 Å². The molecule has 1 aromatic rings. The smallest absolute Gasteiger partial charge is 0.335 e. The lowest BCUT2D eigenvalue weighted by Gasteiger charge is -2.29. The van der Waals surface area contributed by atoms with Crippen LogP contribution in [0.3, 0.4) is 0 Å². The Labute approximate surface area is 124 Å². The van der Waals surface area contributed by atoms with Gasteiger partial charge in [-0.15, -0.1) is 0 Å². The van der Waals surface area contributed by atoms with Crippen LogP contribution in [0.25, 0.3) is 0 Å². The molecule has 0 aliphatic carbocycles. The van der Waals surface area contributed by atoms with Crippen LogP contribution in [0.2, 0.25) is 0 Å². The number of piperidine rings is 1. The van der Waals surface area contributed by atoms with Crippen molar-refractivity contribution in [1.82, 2.24) is 4.90 Å². The molecule has 104 valence electrons.